The molecule has 0 aliphatic carbocycles. The van der Waals surface area contributed by atoms with Crippen molar-refractivity contribution in [2.75, 3.05) is 5.32 Å². The number of pyridine rings is 1. The van der Waals surface area contributed by atoms with Gasteiger partial charge in [-0.25, -0.2) is 4.39 Å². The number of aromatic amines is 1. The van der Waals surface area contributed by atoms with E-state index >= 15 is 0 Å². The van der Waals surface area contributed by atoms with E-state index in [2.05, 4.69) is 20.5 Å². The molecule has 0 atom stereocenters. The first kappa shape index (κ1) is 16.8. The first-order chi connectivity index (χ1) is 13.3. The maximum Gasteiger partial charge on any atom is 0.165 e. The number of anilines is 2. The van der Waals surface area contributed by atoms with Crippen LogP contribution in [0.4, 0.5) is 15.9 Å². The van der Waals surface area contributed by atoms with Gasteiger partial charge in [0.15, 0.2) is 17.4 Å². The minimum atomic E-state index is -0.410. The molecule has 2 heterocycles. The van der Waals surface area contributed by atoms with E-state index in [-0.39, 0.29) is 5.75 Å². The molecule has 0 aliphatic heterocycles. The van der Waals surface area contributed by atoms with Crippen LogP contribution in [-0.4, -0.2) is 15.2 Å². The van der Waals surface area contributed by atoms with Gasteiger partial charge in [0.2, 0.25) is 0 Å². The van der Waals surface area contributed by atoms with Crippen LogP contribution in [0.3, 0.4) is 0 Å². The van der Waals surface area contributed by atoms with E-state index in [1.807, 2.05) is 54.6 Å². The Morgan fingerprint density at radius 1 is 0.963 bits per heavy atom. The second-order valence-electron chi connectivity index (χ2n) is 5.93. The number of ether oxygens (including phenoxy) is 1. The summed E-state index contributed by atoms with van der Waals surface area (Å²) < 4.78 is 19.7. The van der Waals surface area contributed by atoms with Gasteiger partial charge in [-0.15, -0.1) is 0 Å². The van der Waals surface area contributed by atoms with Gasteiger partial charge in [-0.3, -0.25) is 10.1 Å². The van der Waals surface area contributed by atoms with Gasteiger partial charge in [-0.05, 0) is 29.8 Å². The molecule has 27 heavy (non-hydrogen) atoms. The summed E-state index contributed by atoms with van der Waals surface area (Å²) in [5.74, 6) is 0.383. The predicted octanol–water partition coefficient (Wildman–Crippen LogP) is 4.93. The minimum Gasteiger partial charge on any atom is -0.486 e. The Hall–Kier alpha value is -3.67. The summed E-state index contributed by atoms with van der Waals surface area (Å²) in [4.78, 5) is 4.28. The van der Waals surface area contributed by atoms with E-state index in [4.69, 9.17) is 4.74 Å². The van der Waals surface area contributed by atoms with Crippen molar-refractivity contribution in [2.24, 2.45) is 0 Å². The molecule has 0 spiro atoms. The molecule has 0 saturated heterocycles. The lowest BCUT2D eigenvalue weighted by atomic mass is 10.2. The fraction of sp³-hybridized carbons (Fsp3) is 0.0476. The van der Waals surface area contributed by atoms with Gasteiger partial charge < -0.3 is 10.1 Å². The molecule has 0 amide bonds. The fourth-order valence-corrected chi connectivity index (χ4v) is 2.61. The van der Waals surface area contributed by atoms with E-state index in [1.54, 1.807) is 18.3 Å². The quantitative estimate of drug-likeness (QED) is 0.512. The summed E-state index contributed by atoms with van der Waals surface area (Å²) in [6.45, 7) is 0.299. The largest absolute Gasteiger partial charge is 0.486 e. The molecule has 4 rings (SSSR count). The van der Waals surface area contributed by atoms with Crippen LogP contribution in [0.1, 0.15) is 5.56 Å². The molecule has 0 aliphatic rings. The molecule has 0 unspecified atom stereocenters. The molecule has 134 valence electrons. The van der Waals surface area contributed by atoms with Crippen molar-refractivity contribution in [3.8, 4) is 17.1 Å². The first-order valence-corrected chi connectivity index (χ1v) is 8.48. The lowest BCUT2D eigenvalue weighted by Gasteiger charge is -2.10. The molecule has 0 bridgehead atoms. The van der Waals surface area contributed by atoms with Gasteiger partial charge in [0.25, 0.3) is 0 Å². The van der Waals surface area contributed by atoms with Crippen molar-refractivity contribution in [2.45, 2.75) is 6.61 Å². The van der Waals surface area contributed by atoms with Crippen molar-refractivity contribution in [3.05, 3.63) is 90.4 Å². The van der Waals surface area contributed by atoms with Gasteiger partial charge in [0.05, 0.1) is 11.4 Å². The Balaban J connectivity index is 1.47. The average Bonchev–Trinajstić information content (AvgIpc) is 3.18. The third kappa shape index (κ3) is 4.12. The Morgan fingerprint density at radius 3 is 2.63 bits per heavy atom. The highest BCUT2D eigenvalue weighted by molar-refractivity contribution is 5.64. The molecule has 0 radical (unpaired) electrons. The molecule has 2 aromatic heterocycles. The summed E-state index contributed by atoms with van der Waals surface area (Å²) in [6.07, 6.45) is 1.72. The zero-order valence-electron chi connectivity index (χ0n) is 14.4. The number of aromatic nitrogens is 3. The van der Waals surface area contributed by atoms with E-state index in [9.17, 15) is 4.39 Å². The number of hydrogen-bond acceptors (Lipinski definition) is 4. The molecule has 5 nitrogen and oxygen atoms in total. The first-order valence-electron chi connectivity index (χ1n) is 8.48. The lowest BCUT2D eigenvalue weighted by molar-refractivity contribution is 0.290. The van der Waals surface area contributed by atoms with Crippen LogP contribution < -0.4 is 10.1 Å². The van der Waals surface area contributed by atoms with Gasteiger partial charge in [-0.1, -0.05) is 36.4 Å². The normalized spacial score (nSPS) is 10.6. The third-order valence-electron chi connectivity index (χ3n) is 3.96. The van der Waals surface area contributed by atoms with Crippen molar-refractivity contribution >= 4 is 11.5 Å². The molecule has 0 fully saturated rings. The van der Waals surface area contributed by atoms with Crippen LogP contribution in [0, 0.1) is 5.82 Å². The molecule has 2 N–H and O–H groups in total. The van der Waals surface area contributed by atoms with E-state index in [1.165, 1.54) is 6.07 Å². The Morgan fingerprint density at radius 2 is 1.81 bits per heavy atom. The monoisotopic (exact) mass is 360 g/mol. The van der Waals surface area contributed by atoms with Crippen LogP contribution in [0.5, 0.6) is 5.75 Å². The summed E-state index contributed by atoms with van der Waals surface area (Å²) in [7, 11) is 0. The Kier molecular flexibility index (Phi) is 4.78. The SMILES string of the molecule is Fc1ccc(Nc2cc(-c3ccccn3)[nH]n2)cc1OCc1ccccc1. The highest BCUT2D eigenvalue weighted by atomic mass is 19.1. The minimum absolute atomic E-state index is 0.185. The fourth-order valence-electron chi connectivity index (χ4n) is 2.61. The van der Waals surface area contributed by atoms with Gasteiger partial charge in [0.1, 0.15) is 6.61 Å². The van der Waals surface area contributed by atoms with E-state index in [0.29, 0.717) is 18.1 Å². The Bertz CT molecular complexity index is 1020. The van der Waals surface area contributed by atoms with Crippen molar-refractivity contribution in [3.63, 3.8) is 0 Å². The third-order valence-corrected chi connectivity index (χ3v) is 3.96. The van der Waals surface area contributed by atoms with Gasteiger partial charge in [-0.2, -0.15) is 5.10 Å². The number of H-pyrrole nitrogens is 1. The summed E-state index contributed by atoms with van der Waals surface area (Å²) in [5.41, 5.74) is 3.24. The maximum absolute atomic E-state index is 14.1. The van der Waals surface area contributed by atoms with E-state index in [0.717, 1.165) is 17.0 Å². The zero-order valence-corrected chi connectivity index (χ0v) is 14.4. The van der Waals surface area contributed by atoms with Crippen molar-refractivity contribution in [1.82, 2.24) is 15.2 Å². The highest BCUT2D eigenvalue weighted by Crippen LogP contribution is 2.26. The van der Waals surface area contributed by atoms with Crippen LogP contribution >= 0.6 is 0 Å². The molecular formula is C21H17FN4O. The lowest BCUT2D eigenvalue weighted by Crippen LogP contribution is -1.98. The van der Waals surface area contributed by atoms with Gasteiger partial charge in [0, 0.05) is 24.0 Å². The van der Waals surface area contributed by atoms with Crippen LogP contribution in [0.2, 0.25) is 0 Å². The smallest absolute Gasteiger partial charge is 0.165 e. The predicted molar refractivity (Wildman–Crippen MR) is 102 cm³/mol. The second-order valence-corrected chi connectivity index (χ2v) is 5.93. The molecule has 6 heteroatoms. The van der Waals surface area contributed by atoms with Crippen molar-refractivity contribution < 1.29 is 9.13 Å². The number of hydrogen-bond donors (Lipinski definition) is 2. The van der Waals surface area contributed by atoms with Gasteiger partial charge >= 0.3 is 0 Å². The topological polar surface area (TPSA) is 62.8 Å². The number of nitrogens with zero attached hydrogens (tertiary/aromatic N) is 2. The average molecular weight is 360 g/mol. The number of rotatable bonds is 6. The van der Waals surface area contributed by atoms with Crippen molar-refractivity contribution in [1.29, 1.82) is 0 Å². The zero-order chi connectivity index (χ0) is 18.5. The molecule has 2 aromatic carbocycles. The number of halogens is 1. The number of nitrogens with one attached hydrogen (secondary N) is 2. The van der Waals surface area contributed by atoms with Crippen LogP contribution in [-0.2, 0) is 6.61 Å². The Labute approximate surface area is 155 Å². The molecular weight excluding hydrogens is 343 g/mol. The van der Waals surface area contributed by atoms with Crippen LogP contribution in [0.25, 0.3) is 11.4 Å². The highest BCUT2D eigenvalue weighted by Gasteiger charge is 2.08. The standard InChI is InChI=1S/C21H17FN4O/c22-17-10-9-16(12-20(17)27-14-15-6-2-1-3-7-15)24-21-13-19(25-26-21)18-8-4-5-11-23-18/h1-13H,14H2,(H2,24,25,26). The number of benzene rings is 2. The van der Waals surface area contributed by atoms with Crippen LogP contribution in [0.15, 0.2) is 79.0 Å². The summed E-state index contributed by atoms with van der Waals surface area (Å²) >= 11 is 0. The molecule has 4 aromatic rings. The maximum atomic E-state index is 14.1. The summed E-state index contributed by atoms with van der Waals surface area (Å²) in [6, 6.07) is 21.8. The molecule has 0 saturated carbocycles. The van der Waals surface area contributed by atoms with E-state index < -0.39 is 5.82 Å². The second kappa shape index (κ2) is 7.70. The summed E-state index contributed by atoms with van der Waals surface area (Å²) in [5, 5.41) is 10.3.